The Hall–Kier alpha value is -2.44. The average Bonchev–Trinajstić information content (AvgIpc) is 2.94. The summed E-state index contributed by atoms with van der Waals surface area (Å²) in [5.74, 6) is 1.65. The van der Waals surface area contributed by atoms with Crippen LogP contribution in [0.5, 0.6) is 0 Å². The molecule has 1 amide bonds. The summed E-state index contributed by atoms with van der Waals surface area (Å²) >= 11 is 0. The van der Waals surface area contributed by atoms with Gasteiger partial charge < -0.3 is 10.2 Å². The van der Waals surface area contributed by atoms with Crippen LogP contribution in [0.25, 0.3) is 0 Å². The number of carbonyl (C=O) groups excluding carboxylic acids is 1. The maximum absolute atomic E-state index is 12.5. The van der Waals surface area contributed by atoms with Crippen molar-refractivity contribution in [3.8, 4) is 0 Å². The number of anilines is 1. The summed E-state index contributed by atoms with van der Waals surface area (Å²) in [5, 5.41) is 7.38. The third-order valence-corrected chi connectivity index (χ3v) is 4.74. The first-order chi connectivity index (χ1) is 12.2. The Morgan fingerprint density at radius 3 is 2.77 bits per heavy atom. The van der Waals surface area contributed by atoms with Crippen molar-refractivity contribution in [3.05, 3.63) is 35.5 Å². The molecule has 0 aliphatic carbocycles. The Morgan fingerprint density at radius 2 is 2.12 bits per heavy atom. The number of hydrogen-bond donors (Lipinski definition) is 1. The molecule has 2 aromatic rings. The number of aryl methyl sites for hydroxylation is 2. The van der Waals surface area contributed by atoms with Crippen LogP contribution in [0.2, 0.25) is 0 Å². The lowest BCUT2D eigenvalue weighted by molar-refractivity contribution is 0.0927. The van der Waals surface area contributed by atoms with Gasteiger partial charge in [0.1, 0.15) is 17.3 Å². The number of nitrogens with zero attached hydrogens (tertiary/aromatic N) is 5. The SMILES string of the molecule is Cc1cc(C(=O)NC2CCCN(c3ccnc(C(C)(C)C)n3)C2)nn1C. The second-order valence-electron chi connectivity index (χ2n) is 8.04. The lowest BCUT2D eigenvalue weighted by Gasteiger charge is -2.34. The smallest absolute Gasteiger partial charge is 0.272 e. The van der Waals surface area contributed by atoms with E-state index in [1.807, 2.05) is 32.3 Å². The van der Waals surface area contributed by atoms with E-state index >= 15 is 0 Å². The summed E-state index contributed by atoms with van der Waals surface area (Å²) in [4.78, 5) is 23.9. The van der Waals surface area contributed by atoms with Gasteiger partial charge in [-0.1, -0.05) is 20.8 Å². The van der Waals surface area contributed by atoms with E-state index < -0.39 is 0 Å². The third kappa shape index (κ3) is 4.03. The van der Waals surface area contributed by atoms with Crippen LogP contribution in [0, 0.1) is 6.92 Å². The maximum Gasteiger partial charge on any atom is 0.272 e. The number of carbonyl (C=O) groups is 1. The minimum atomic E-state index is -0.112. The zero-order valence-electron chi connectivity index (χ0n) is 16.3. The predicted octanol–water partition coefficient (Wildman–Crippen LogP) is 2.21. The Balaban J connectivity index is 1.68. The summed E-state index contributed by atoms with van der Waals surface area (Å²) in [6.07, 6.45) is 3.80. The number of aromatic nitrogens is 4. The number of nitrogens with one attached hydrogen (secondary N) is 1. The second kappa shape index (κ2) is 7.05. The van der Waals surface area contributed by atoms with E-state index in [0.717, 1.165) is 43.3 Å². The minimum Gasteiger partial charge on any atom is -0.354 e. The van der Waals surface area contributed by atoms with Crippen LogP contribution < -0.4 is 10.2 Å². The Kier molecular flexibility index (Phi) is 4.98. The molecule has 1 fully saturated rings. The van der Waals surface area contributed by atoms with Gasteiger partial charge in [0.2, 0.25) is 0 Å². The molecule has 0 aromatic carbocycles. The highest BCUT2D eigenvalue weighted by Gasteiger charge is 2.25. The molecule has 1 aliphatic rings. The second-order valence-corrected chi connectivity index (χ2v) is 8.04. The molecule has 0 saturated carbocycles. The van der Waals surface area contributed by atoms with Crippen molar-refractivity contribution in [2.24, 2.45) is 7.05 Å². The molecule has 1 unspecified atom stereocenters. The first-order valence-corrected chi connectivity index (χ1v) is 9.14. The van der Waals surface area contributed by atoms with Crippen LogP contribution in [-0.4, -0.2) is 44.8 Å². The van der Waals surface area contributed by atoms with E-state index in [-0.39, 0.29) is 17.4 Å². The zero-order chi connectivity index (χ0) is 18.9. The van der Waals surface area contributed by atoms with Crippen molar-refractivity contribution in [3.63, 3.8) is 0 Å². The van der Waals surface area contributed by atoms with E-state index in [1.54, 1.807) is 4.68 Å². The molecule has 1 aliphatic heterocycles. The standard InChI is InChI=1S/C19H28N6O/c1-13-11-15(23-24(13)5)17(26)21-14-7-6-10-25(12-14)16-8-9-20-18(22-16)19(2,3)4/h8-9,11,14H,6-7,10,12H2,1-5H3,(H,21,26). The van der Waals surface area contributed by atoms with Crippen LogP contribution in [0.15, 0.2) is 18.3 Å². The van der Waals surface area contributed by atoms with E-state index in [9.17, 15) is 4.79 Å². The van der Waals surface area contributed by atoms with Gasteiger partial charge in [0.25, 0.3) is 5.91 Å². The van der Waals surface area contributed by atoms with Crippen molar-refractivity contribution in [2.75, 3.05) is 18.0 Å². The quantitative estimate of drug-likeness (QED) is 0.912. The minimum absolute atomic E-state index is 0.0871. The summed E-state index contributed by atoms with van der Waals surface area (Å²) in [5.41, 5.74) is 1.35. The fourth-order valence-corrected chi connectivity index (χ4v) is 3.12. The first kappa shape index (κ1) is 18.4. The van der Waals surface area contributed by atoms with Crippen molar-refractivity contribution >= 4 is 11.7 Å². The van der Waals surface area contributed by atoms with Gasteiger partial charge >= 0.3 is 0 Å². The summed E-state index contributed by atoms with van der Waals surface area (Å²) in [7, 11) is 1.84. The Bertz CT molecular complexity index is 772. The molecule has 1 atom stereocenters. The van der Waals surface area contributed by atoms with Crippen molar-refractivity contribution in [1.82, 2.24) is 25.1 Å². The van der Waals surface area contributed by atoms with Crippen molar-refractivity contribution in [1.29, 1.82) is 0 Å². The van der Waals surface area contributed by atoms with E-state index in [1.165, 1.54) is 0 Å². The van der Waals surface area contributed by atoms with Crippen molar-refractivity contribution in [2.45, 2.75) is 52.0 Å². The summed E-state index contributed by atoms with van der Waals surface area (Å²) in [6.45, 7) is 9.96. The number of rotatable bonds is 3. The number of piperidine rings is 1. The molecular formula is C19H28N6O. The number of amides is 1. The Morgan fingerprint density at radius 1 is 1.35 bits per heavy atom. The Labute approximate surface area is 154 Å². The largest absolute Gasteiger partial charge is 0.354 e. The molecule has 2 aromatic heterocycles. The lowest BCUT2D eigenvalue weighted by Crippen LogP contribution is -2.48. The molecule has 0 bridgehead atoms. The molecule has 26 heavy (non-hydrogen) atoms. The topological polar surface area (TPSA) is 75.9 Å². The average molecular weight is 356 g/mol. The van der Waals surface area contributed by atoms with Crippen LogP contribution in [0.4, 0.5) is 5.82 Å². The van der Waals surface area contributed by atoms with Gasteiger partial charge in [-0.15, -0.1) is 0 Å². The fraction of sp³-hybridized carbons (Fsp3) is 0.579. The predicted molar refractivity (Wildman–Crippen MR) is 101 cm³/mol. The van der Waals surface area contributed by atoms with Gasteiger partial charge in [-0.2, -0.15) is 5.10 Å². The van der Waals surface area contributed by atoms with Gasteiger partial charge in [0.15, 0.2) is 0 Å². The number of hydrogen-bond acceptors (Lipinski definition) is 5. The van der Waals surface area contributed by atoms with Crippen LogP contribution in [0.1, 0.15) is 55.6 Å². The van der Waals surface area contributed by atoms with E-state index in [0.29, 0.717) is 5.69 Å². The van der Waals surface area contributed by atoms with E-state index in [4.69, 9.17) is 4.98 Å². The van der Waals surface area contributed by atoms with E-state index in [2.05, 4.69) is 41.1 Å². The molecule has 1 N–H and O–H groups in total. The molecular weight excluding hydrogens is 328 g/mol. The fourth-order valence-electron chi connectivity index (χ4n) is 3.12. The molecule has 3 heterocycles. The maximum atomic E-state index is 12.5. The molecule has 7 nitrogen and oxygen atoms in total. The van der Waals surface area contributed by atoms with Gasteiger partial charge in [-0.05, 0) is 31.9 Å². The molecule has 3 rings (SSSR count). The summed E-state index contributed by atoms with van der Waals surface area (Å²) in [6, 6.07) is 3.85. The summed E-state index contributed by atoms with van der Waals surface area (Å²) < 4.78 is 1.72. The molecule has 1 saturated heterocycles. The van der Waals surface area contributed by atoms with Gasteiger partial charge in [0.05, 0.1) is 0 Å². The van der Waals surface area contributed by atoms with Gasteiger partial charge in [-0.3, -0.25) is 9.48 Å². The first-order valence-electron chi connectivity index (χ1n) is 9.14. The highest BCUT2D eigenvalue weighted by Crippen LogP contribution is 2.22. The normalized spacial score (nSPS) is 18.0. The van der Waals surface area contributed by atoms with Crippen LogP contribution in [-0.2, 0) is 12.5 Å². The molecule has 7 heteroatoms. The molecule has 0 radical (unpaired) electrons. The highest BCUT2D eigenvalue weighted by atomic mass is 16.2. The van der Waals surface area contributed by atoms with Crippen molar-refractivity contribution < 1.29 is 4.79 Å². The van der Waals surface area contributed by atoms with Crippen LogP contribution >= 0.6 is 0 Å². The molecule has 0 spiro atoms. The highest BCUT2D eigenvalue weighted by molar-refractivity contribution is 5.92. The van der Waals surface area contributed by atoms with Gasteiger partial charge in [0, 0.05) is 43.5 Å². The van der Waals surface area contributed by atoms with Crippen LogP contribution in [0.3, 0.4) is 0 Å². The van der Waals surface area contributed by atoms with Gasteiger partial charge in [-0.25, -0.2) is 9.97 Å². The monoisotopic (exact) mass is 356 g/mol. The lowest BCUT2D eigenvalue weighted by atomic mass is 9.96. The third-order valence-electron chi connectivity index (χ3n) is 4.74. The molecule has 140 valence electrons. The zero-order valence-corrected chi connectivity index (χ0v) is 16.3.